The highest BCUT2D eigenvalue weighted by Gasteiger charge is 2.19. The maximum Gasteiger partial charge on any atom is 0.0700 e. The van der Waals surface area contributed by atoms with Crippen molar-refractivity contribution in [1.29, 1.82) is 0 Å². The van der Waals surface area contributed by atoms with Crippen molar-refractivity contribution in [3.05, 3.63) is 0 Å². The number of nitrogens with one attached hydrogen (secondary N) is 1. The molecule has 0 spiro atoms. The molecule has 2 fully saturated rings. The molecule has 2 aliphatic rings. The van der Waals surface area contributed by atoms with Gasteiger partial charge < -0.3 is 19.7 Å². The predicted octanol–water partition coefficient (Wildman–Crippen LogP) is 1.50. The van der Waals surface area contributed by atoms with Gasteiger partial charge in [0.1, 0.15) is 0 Å². The van der Waals surface area contributed by atoms with Crippen LogP contribution in [-0.4, -0.2) is 63.5 Å². The predicted molar refractivity (Wildman–Crippen MR) is 77.5 cm³/mol. The largest absolute Gasteiger partial charge is 0.381 e. The molecule has 19 heavy (non-hydrogen) atoms. The summed E-state index contributed by atoms with van der Waals surface area (Å²) in [5, 5.41) is 3.55. The number of hydrogen-bond donors (Lipinski definition) is 1. The van der Waals surface area contributed by atoms with Crippen LogP contribution in [0.3, 0.4) is 0 Å². The molecule has 0 aromatic rings. The van der Waals surface area contributed by atoms with Gasteiger partial charge in [0.05, 0.1) is 6.10 Å². The molecule has 0 aliphatic carbocycles. The normalized spacial score (nSPS) is 27.0. The van der Waals surface area contributed by atoms with Gasteiger partial charge in [-0.3, -0.25) is 0 Å². The average Bonchev–Trinajstić information content (AvgIpc) is 2.93. The summed E-state index contributed by atoms with van der Waals surface area (Å²) in [5.41, 5.74) is 0. The van der Waals surface area contributed by atoms with Crippen molar-refractivity contribution in [2.75, 3.05) is 46.5 Å². The lowest BCUT2D eigenvalue weighted by Gasteiger charge is -2.31. The summed E-state index contributed by atoms with van der Waals surface area (Å²) in [6.45, 7) is 8.42. The first kappa shape index (κ1) is 15.2. The van der Waals surface area contributed by atoms with E-state index < -0.39 is 0 Å². The van der Waals surface area contributed by atoms with Crippen LogP contribution in [0.25, 0.3) is 0 Å². The van der Waals surface area contributed by atoms with E-state index in [1.54, 1.807) is 0 Å². The van der Waals surface area contributed by atoms with Crippen LogP contribution >= 0.6 is 0 Å². The Kier molecular flexibility index (Phi) is 6.57. The van der Waals surface area contributed by atoms with Crippen molar-refractivity contribution in [2.24, 2.45) is 5.92 Å². The Hall–Kier alpha value is -0.160. The van der Waals surface area contributed by atoms with Gasteiger partial charge in [0.2, 0.25) is 0 Å². The van der Waals surface area contributed by atoms with E-state index in [1.807, 2.05) is 0 Å². The number of likely N-dealkylation sites (N-methyl/N-ethyl adjacent to an activating group) is 1. The first-order chi connectivity index (χ1) is 9.25. The Morgan fingerprint density at radius 2 is 2.00 bits per heavy atom. The molecule has 2 rings (SSSR count). The van der Waals surface area contributed by atoms with Gasteiger partial charge in [-0.2, -0.15) is 0 Å². The Balaban J connectivity index is 1.57. The second kappa shape index (κ2) is 8.20. The summed E-state index contributed by atoms with van der Waals surface area (Å²) in [5.74, 6) is 0.819. The van der Waals surface area contributed by atoms with Crippen molar-refractivity contribution >= 4 is 0 Å². The fourth-order valence-electron chi connectivity index (χ4n) is 2.93. The molecule has 2 heterocycles. The number of hydrogen-bond acceptors (Lipinski definition) is 4. The van der Waals surface area contributed by atoms with Crippen LogP contribution in [-0.2, 0) is 9.47 Å². The lowest BCUT2D eigenvalue weighted by atomic mass is 9.99. The molecule has 2 aliphatic heterocycles. The van der Waals surface area contributed by atoms with Gasteiger partial charge >= 0.3 is 0 Å². The maximum absolute atomic E-state index is 5.63. The van der Waals surface area contributed by atoms with Crippen molar-refractivity contribution < 1.29 is 9.47 Å². The van der Waals surface area contributed by atoms with Gasteiger partial charge in [0.15, 0.2) is 0 Å². The van der Waals surface area contributed by atoms with Gasteiger partial charge in [-0.1, -0.05) is 0 Å². The minimum atomic E-state index is 0.452. The molecule has 4 heteroatoms. The summed E-state index contributed by atoms with van der Waals surface area (Å²) in [7, 11) is 2.24. The van der Waals surface area contributed by atoms with Crippen LogP contribution in [0.15, 0.2) is 0 Å². The first-order valence-corrected chi connectivity index (χ1v) is 7.86. The molecule has 2 atom stereocenters. The van der Waals surface area contributed by atoms with E-state index in [-0.39, 0.29) is 0 Å². The quantitative estimate of drug-likeness (QED) is 0.760. The van der Waals surface area contributed by atoms with Crippen LogP contribution in [0, 0.1) is 5.92 Å². The summed E-state index contributed by atoms with van der Waals surface area (Å²) >= 11 is 0. The van der Waals surface area contributed by atoms with Crippen LogP contribution in [0.5, 0.6) is 0 Å². The van der Waals surface area contributed by atoms with Gasteiger partial charge in [-0.15, -0.1) is 0 Å². The SMILES string of the molecule is CC(CNCC1CCCO1)N(C)CC1CCOCC1. The Bertz CT molecular complexity index is 238. The van der Waals surface area contributed by atoms with Crippen LogP contribution < -0.4 is 5.32 Å². The van der Waals surface area contributed by atoms with Gasteiger partial charge in [0.25, 0.3) is 0 Å². The first-order valence-electron chi connectivity index (χ1n) is 7.86. The molecule has 2 unspecified atom stereocenters. The fourth-order valence-corrected chi connectivity index (χ4v) is 2.93. The van der Waals surface area contributed by atoms with Crippen LogP contribution in [0.1, 0.15) is 32.6 Å². The standard InChI is InChI=1S/C15H30N2O2/c1-13(10-16-11-15-4-3-7-19-15)17(2)12-14-5-8-18-9-6-14/h13-16H,3-12H2,1-2H3. The highest BCUT2D eigenvalue weighted by molar-refractivity contribution is 4.74. The lowest BCUT2D eigenvalue weighted by Crippen LogP contribution is -2.42. The van der Waals surface area contributed by atoms with Gasteiger partial charge in [0, 0.05) is 45.5 Å². The van der Waals surface area contributed by atoms with Crippen LogP contribution in [0.2, 0.25) is 0 Å². The van der Waals surface area contributed by atoms with Crippen molar-refractivity contribution in [2.45, 2.75) is 44.8 Å². The maximum atomic E-state index is 5.63. The molecule has 0 aromatic carbocycles. The van der Waals surface area contributed by atoms with E-state index >= 15 is 0 Å². The number of rotatable bonds is 7. The molecule has 0 radical (unpaired) electrons. The van der Waals surface area contributed by atoms with E-state index in [0.29, 0.717) is 12.1 Å². The Morgan fingerprint density at radius 1 is 1.21 bits per heavy atom. The molecular weight excluding hydrogens is 240 g/mol. The van der Waals surface area contributed by atoms with E-state index in [2.05, 4.69) is 24.2 Å². The summed E-state index contributed by atoms with van der Waals surface area (Å²) < 4.78 is 11.0. The Morgan fingerprint density at radius 3 is 2.68 bits per heavy atom. The highest BCUT2D eigenvalue weighted by atomic mass is 16.5. The van der Waals surface area contributed by atoms with E-state index in [1.165, 1.54) is 32.2 Å². The number of nitrogens with zero attached hydrogens (tertiary/aromatic N) is 1. The summed E-state index contributed by atoms with van der Waals surface area (Å²) in [6, 6.07) is 0.587. The molecular formula is C15H30N2O2. The Labute approximate surface area is 117 Å². The molecule has 1 N–H and O–H groups in total. The molecule has 0 aromatic heterocycles. The zero-order valence-corrected chi connectivity index (χ0v) is 12.6. The van der Waals surface area contributed by atoms with Crippen molar-refractivity contribution in [1.82, 2.24) is 10.2 Å². The zero-order valence-electron chi connectivity index (χ0n) is 12.6. The van der Waals surface area contributed by atoms with E-state index in [4.69, 9.17) is 9.47 Å². The molecule has 0 saturated carbocycles. The second-order valence-corrected chi connectivity index (χ2v) is 6.14. The zero-order chi connectivity index (χ0) is 13.5. The summed E-state index contributed by atoms with van der Waals surface area (Å²) in [6.07, 6.45) is 5.35. The number of ether oxygens (including phenoxy) is 2. The third-order valence-electron chi connectivity index (χ3n) is 4.48. The minimum Gasteiger partial charge on any atom is -0.381 e. The van der Waals surface area contributed by atoms with Crippen LogP contribution in [0.4, 0.5) is 0 Å². The van der Waals surface area contributed by atoms with Gasteiger partial charge in [-0.25, -0.2) is 0 Å². The van der Waals surface area contributed by atoms with Crippen molar-refractivity contribution in [3.63, 3.8) is 0 Å². The molecule has 0 amide bonds. The average molecular weight is 270 g/mol. The lowest BCUT2D eigenvalue weighted by molar-refractivity contribution is 0.0509. The third kappa shape index (κ3) is 5.38. The second-order valence-electron chi connectivity index (χ2n) is 6.14. The molecule has 4 nitrogen and oxygen atoms in total. The third-order valence-corrected chi connectivity index (χ3v) is 4.48. The monoisotopic (exact) mass is 270 g/mol. The van der Waals surface area contributed by atoms with Crippen molar-refractivity contribution in [3.8, 4) is 0 Å². The molecule has 2 saturated heterocycles. The highest BCUT2D eigenvalue weighted by Crippen LogP contribution is 2.16. The topological polar surface area (TPSA) is 33.7 Å². The summed E-state index contributed by atoms with van der Waals surface area (Å²) in [4.78, 5) is 2.48. The smallest absolute Gasteiger partial charge is 0.0700 e. The van der Waals surface area contributed by atoms with E-state index in [0.717, 1.165) is 38.8 Å². The molecule has 112 valence electrons. The minimum absolute atomic E-state index is 0.452. The van der Waals surface area contributed by atoms with E-state index in [9.17, 15) is 0 Å². The molecule has 0 bridgehead atoms. The fraction of sp³-hybridized carbons (Fsp3) is 1.00. The van der Waals surface area contributed by atoms with Gasteiger partial charge in [-0.05, 0) is 45.6 Å².